The Kier molecular flexibility index (Phi) is 6.70. The molecule has 1 aliphatic rings. The number of hydrogen-bond acceptors (Lipinski definition) is 2. The van der Waals surface area contributed by atoms with Gasteiger partial charge in [-0.1, -0.05) is 54.6 Å². The molecule has 3 nitrogen and oxygen atoms in total. The zero-order valence-electron chi connectivity index (χ0n) is 19.0. The third-order valence-electron chi connectivity index (χ3n) is 5.94. The second-order valence-corrected chi connectivity index (χ2v) is 8.57. The smallest absolute Gasteiger partial charge is 0.374 e. The van der Waals surface area contributed by atoms with Gasteiger partial charge in [-0.25, -0.2) is 0 Å². The number of carbonyl (C=O) groups excluding carboxylic acids is 1. The maximum Gasteiger partial charge on any atom is 0.416 e. The largest absolute Gasteiger partial charge is 0.416 e. The maximum atomic E-state index is 13.2. The lowest BCUT2D eigenvalue weighted by atomic mass is 9.90. The van der Waals surface area contributed by atoms with Crippen molar-refractivity contribution in [3.05, 3.63) is 112 Å². The molecule has 1 N–H and O–H groups in total. The van der Waals surface area contributed by atoms with Crippen molar-refractivity contribution >= 4 is 11.5 Å². The molecule has 0 aliphatic carbocycles. The summed E-state index contributed by atoms with van der Waals surface area (Å²) < 4.78 is 84.9. The van der Waals surface area contributed by atoms with Crippen molar-refractivity contribution in [2.24, 2.45) is 0 Å². The van der Waals surface area contributed by atoms with E-state index in [1.165, 1.54) is 0 Å². The number of halogens is 6. The lowest BCUT2D eigenvalue weighted by Gasteiger charge is -2.28. The standard InChI is InChI=1S/C27H21F6NO2/c1-17-7-5-6-10-22(17)23-14-25(34-24(23)35,19-8-3-2-4-9-19)16-36-15-18-11-20(26(28,29)30)13-21(12-18)27(31,32)33/h2-14H,15-16H2,1H3,(H,34,35)/t25-/m1/s1. The Morgan fingerprint density at radius 3 is 2.00 bits per heavy atom. The summed E-state index contributed by atoms with van der Waals surface area (Å²) in [4.78, 5) is 13.0. The van der Waals surface area contributed by atoms with Crippen LogP contribution in [0, 0.1) is 6.92 Å². The fourth-order valence-electron chi connectivity index (χ4n) is 4.18. The molecule has 3 aromatic rings. The van der Waals surface area contributed by atoms with E-state index in [2.05, 4.69) is 5.32 Å². The summed E-state index contributed by atoms with van der Waals surface area (Å²) in [6, 6.07) is 17.4. The Labute approximate surface area is 203 Å². The van der Waals surface area contributed by atoms with Gasteiger partial charge in [-0.3, -0.25) is 4.79 Å². The lowest BCUT2D eigenvalue weighted by Crippen LogP contribution is -2.43. The summed E-state index contributed by atoms with van der Waals surface area (Å²) in [5.74, 6) is -0.366. The number of rotatable bonds is 6. The maximum absolute atomic E-state index is 13.2. The van der Waals surface area contributed by atoms with E-state index in [1.54, 1.807) is 48.5 Å². The van der Waals surface area contributed by atoms with Crippen molar-refractivity contribution in [2.75, 3.05) is 6.61 Å². The number of ether oxygens (including phenoxy) is 1. The van der Waals surface area contributed by atoms with Crippen molar-refractivity contribution in [1.82, 2.24) is 5.32 Å². The van der Waals surface area contributed by atoms with Crippen LogP contribution in [0.15, 0.2) is 78.9 Å². The average molecular weight is 505 g/mol. The van der Waals surface area contributed by atoms with Gasteiger partial charge in [0.15, 0.2) is 0 Å². The molecule has 1 aliphatic heterocycles. The van der Waals surface area contributed by atoms with Gasteiger partial charge in [0.05, 0.1) is 24.3 Å². The van der Waals surface area contributed by atoms with E-state index < -0.39 is 35.6 Å². The van der Waals surface area contributed by atoms with Gasteiger partial charge in [0.1, 0.15) is 5.54 Å². The van der Waals surface area contributed by atoms with Crippen LogP contribution in [0.3, 0.4) is 0 Å². The molecule has 188 valence electrons. The first kappa shape index (κ1) is 25.5. The van der Waals surface area contributed by atoms with E-state index in [-0.39, 0.29) is 24.1 Å². The Hall–Kier alpha value is -3.59. The van der Waals surface area contributed by atoms with Gasteiger partial charge >= 0.3 is 12.4 Å². The van der Waals surface area contributed by atoms with Crippen molar-refractivity contribution in [2.45, 2.75) is 31.4 Å². The molecule has 0 fully saturated rings. The van der Waals surface area contributed by atoms with Gasteiger partial charge in [0.25, 0.3) is 5.91 Å². The molecular weight excluding hydrogens is 484 g/mol. The number of benzene rings is 3. The SMILES string of the molecule is Cc1ccccc1C1=C[C@@](COCc2cc(C(F)(F)F)cc(C(F)(F)F)c2)(c2ccccc2)NC1=O. The van der Waals surface area contributed by atoms with E-state index >= 15 is 0 Å². The monoisotopic (exact) mass is 505 g/mol. The Morgan fingerprint density at radius 1 is 0.833 bits per heavy atom. The first-order valence-corrected chi connectivity index (χ1v) is 10.9. The number of amides is 1. The minimum atomic E-state index is -4.95. The molecule has 0 saturated heterocycles. The average Bonchev–Trinajstić information content (AvgIpc) is 3.16. The molecule has 1 heterocycles. The third-order valence-corrected chi connectivity index (χ3v) is 5.94. The van der Waals surface area contributed by atoms with Gasteiger partial charge in [0, 0.05) is 5.57 Å². The van der Waals surface area contributed by atoms with Crippen molar-refractivity contribution < 1.29 is 35.9 Å². The van der Waals surface area contributed by atoms with Crippen LogP contribution < -0.4 is 5.32 Å². The third kappa shape index (κ3) is 5.31. The molecular formula is C27H21F6NO2. The molecule has 0 bridgehead atoms. The fraction of sp³-hybridized carbons (Fsp3) is 0.222. The van der Waals surface area contributed by atoms with Crippen molar-refractivity contribution in [3.63, 3.8) is 0 Å². The molecule has 1 atom stereocenters. The second-order valence-electron chi connectivity index (χ2n) is 8.57. The zero-order chi connectivity index (χ0) is 26.1. The van der Waals surface area contributed by atoms with Crippen molar-refractivity contribution in [1.29, 1.82) is 0 Å². The van der Waals surface area contributed by atoms with Gasteiger partial charge in [-0.2, -0.15) is 26.3 Å². The number of carbonyl (C=O) groups is 1. The Balaban J connectivity index is 1.66. The van der Waals surface area contributed by atoms with Gasteiger partial charge in [-0.15, -0.1) is 0 Å². The fourth-order valence-corrected chi connectivity index (χ4v) is 4.18. The quantitative estimate of drug-likeness (QED) is 0.381. The van der Waals surface area contributed by atoms with Crippen LogP contribution in [0.4, 0.5) is 26.3 Å². The van der Waals surface area contributed by atoms with Crippen molar-refractivity contribution in [3.8, 4) is 0 Å². The van der Waals surface area contributed by atoms with E-state index in [4.69, 9.17) is 4.74 Å². The predicted octanol–water partition coefficient (Wildman–Crippen LogP) is 6.66. The van der Waals surface area contributed by atoms with E-state index in [9.17, 15) is 31.1 Å². The molecule has 4 rings (SSSR count). The number of hydrogen-bond donors (Lipinski definition) is 1. The summed E-state index contributed by atoms with van der Waals surface area (Å²) >= 11 is 0. The van der Waals surface area contributed by atoms with E-state index in [0.29, 0.717) is 28.8 Å². The predicted molar refractivity (Wildman–Crippen MR) is 122 cm³/mol. The van der Waals surface area contributed by atoms with Crippen LogP contribution >= 0.6 is 0 Å². The molecule has 3 aromatic carbocycles. The molecule has 0 unspecified atom stereocenters. The topological polar surface area (TPSA) is 38.3 Å². The minimum absolute atomic E-state index is 0.0728. The first-order valence-electron chi connectivity index (χ1n) is 10.9. The molecule has 0 spiro atoms. The second kappa shape index (κ2) is 9.46. The van der Waals surface area contributed by atoms with Gasteiger partial charge < -0.3 is 10.1 Å². The van der Waals surface area contributed by atoms with Crippen LogP contribution in [-0.4, -0.2) is 12.5 Å². The Bertz CT molecular complexity index is 1270. The summed E-state index contributed by atoms with van der Waals surface area (Å²) in [6.07, 6.45) is -8.21. The first-order chi connectivity index (χ1) is 16.9. The number of nitrogens with one attached hydrogen (secondary N) is 1. The minimum Gasteiger partial charge on any atom is -0.374 e. The molecule has 0 saturated carbocycles. The highest BCUT2D eigenvalue weighted by Gasteiger charge is 2.40. The number of alkyl halides is 6. The Morgan fingerprint density at radius 2 is 1.42 bits per heavy atom. The lowest BCUT2D eigenvalue weighted by molar-refractivity contribution is -0.143. The van der Waals surface area contributed by atoms with Gasteiger partial charge in [-0.05, 0) is 53.5 Å². The van der Waals surface area contributed by atoms with E-state index in [1.807, 2.05) is 19.1 Å². The van der Waals surface area contributed by atoms with E-state index in [0.717, 1.165) is 5.56 Å². The van der Waals surface area contributed by atoms with Crippen LogP contribution in [0.2, 0.25) is 0 Å². The van der Waals surface area contributed by atoms with Crippen LogP contribution in [0.5, 0.6) is 0 Å². The highest BCUT2D eigenvalue weighted by atomic mass is 19.4. The highest BCUT2D eigenvalue weighted by molar-refractivity contribution is 6.22. The van der Waals surface area contributed by atoms with Gasteiger partial charge in [0.2, 0.25) is 0 Å². The molecule has 0 aromatic heterocycles. The normalized spacial score (nSPS) is 18.2. The molecule has 36 heavy (non-hydrogen) atoms. The highest BCUT2D eigenvalue weighted by Crippen LogP contribution is 2.38. The van der Waals surface area contributed by atoms with Crippen LogP contribution in [-0.2, 0) is 34.0 Å². The zero-order valence-corrected chi connectivity index (χ0v) is 19.0. The van der Waals surface area contributed by atoms with Crippen LogP contribution in [0.1, 0.15) is 33.4 Å². The molecule has 1 amide bonds. The summed E-state index contributed by atoms with van der Waals surface area (Å²) in [5.41, 5.74) is -1.64. The summed E-state index contributed by atoms with van der Waals surface area (Å²) in [5, 5.41) is 2.90. The van der Waals surface area contributed by atoms with Crippen LogP contribution in [0.25, 0.3) is 5.57 Å². The number of aryl methyl sites for hydroxylation is 1. The molecule has 9 heteroatoms. The molecule has 0 radical (unpaired) electrons. The summed E-state index contributed by atoms with van der Waals surface area (Å²) in [7, 11) is 0. The summed E-state index contributed by atoms with van der Waals surface area (Å²) in [6.45, 7) is 1.12.